The molecule has 2 aliphatic heterocycles. The molecule has 9 heteroatoms. The van der Waals surface area contributed by atoms with E-state index in [-0.39, 0.29) is 39.8 Å². The fraction of sp³-hybridized carbons (Fsp3) is 0.659. The van der Waals surface area contributed by atoms with Crippen molar-refractivity contribution in [2.75, 3.05) is 6.54 Å². The summed E-state index contributed by atoms with van der Waals surface area (Å²) in [5.74, 6) is 2.31. The number of rotatable bonds is 5. The van der Waals surface area contributed by atoms with Crippen LogP contribution in [-0.4, -0.2) is 45.6 Å². The monoisotopic (exact) mass is 721 g/mol. The minimum atomic E-state index is -3.82. The Morgan fingerprint density at radius 1 is 0.820 bits per heavy atom. The fourth-order valence-corrected chi connectivity index (χ4v) is 15.2. The Kier molecular flexibility index (Phi) is 8.40. The Hall–Kier alpha value is -2.04. The zero-order valence-electron chi connectivity index (χ0n) is 30.6. The largest absolute Gasteiger partial charge is 0.356 e. The highest BCUT2D eigenvalue weighted by Gasteiger charge is 2.70. The Morgan fingerprint density at radius 3 is 2.16 bits per heavy atom. The molecule has 0 radical (unpaired) electrons. The van der Waals surface area contributed by atoms with Gasteiger partial charge in [-0.2, -0.15) is 12.7 Å². The molecule has 4 aliphatic carbocycles. The summed E-state index contributed by atoms with van der Waals surface area (Å²) in [6.45, 7) is 13.8. The van der Waals surface area contributed by atoms with Gasteiger partial charge >= 0.3 is 0 Å². The second-order valence-corrected chi connectivity index (χ2v) is 21.0. The maximum atomic E-state index is 14.4. The van der Waals surface area contributed by atoms with Crippen LogP contribution < -0.4 is 0 Å². The van der Waals surface area contributed by atoms with Crippen LogP contribution in [0.4, 0.5) is 0 Å². The number of fused-ring (bicyclic) bond motifs is 7. The lowest BCUT2D eigenvalue weighted by molar-refractivity contribution is -0.161. The van der Waals surface area contributed by atoms with E-state index in [0.717, 1.165) is 62.5 Å². The molecule has 272 valence electrons. The van der Waals surface area contributed by atoms with Crippen LogP contribution in [0, 0.1) is 60.2 Å². The van der Waals surface area contributed by atoms with Gasteiger partial charge < -0.3 is 4.74 Å². The molecule has 11 atom stereocenters. The molecule has 2 saturated heterocycles. The number of piperidine rings is 1. The maximum Gasteiger partial charge on any atom is 0.297 e. The van der Waals surface area contributed by atoms with Gasteiger partial charge in [-0.3, -0.25) is 4.18 Å². The van der Waals surface area contributed by atoms with E-state index in [1.165, 1.54) is 5.57 Å². The molecule has 0 amide bonds. The molecular weight excluding hydrogens is 667 g/mol. The van der Waals surface area contributed by atoms with Gasteiger partial charge in [-0.25, -0.2) is 8.42 Å². The van der Waals surface area contributed by atoms with Crippen LogP contribution in [0.5, 0.6) is 0 Å². The minimum absolute atomic E-state index is 0.0432. The molecule has 7 nitrogen and oxygen atoms in total. The SMILES string of the molecule is Cc1ccc(S(=O)(=O)OC2CCC3(C)C(=CCC4C3CCC3(C)C4CC4OC5(CCC(C)CN5S(=O)(=O)c5ccc(C)cc5)C(C)C43)C2)cc1. The topological polar surface area (TPSA) is 90.0 Å². The normalized spacial score (nSPS) is 41.6. The van der Waals surface area contributed by atoms with Crippen LogP contribution in [0.15, 0.2) is 70.0 Å². The standard InChI is InChI=1S/C41H55NO6S2/c1-26-7-12-32(13-8-26)49(43,44)42-25-28(3)17-22-41(42)29(4)38-37(47-41)24-36-34-16-11-30-23-31(48-50(45,46)33-14-9-27(2)10-15-33)18-20-39(30,5)35(34)19-21-40(36,38)6/h7-15,28-29,31,34-38H,16-25H2,1-6H3. The first-order valence-electron chi connectivity index (χ1n) is 19.1. The summed E-state index contributed by atoms with van der Waals surface area (Å²) in [5.41, 5.74) is 2.77. The summed E-state index contributed by atoms with van der Waals surface area (Å²) in [6.07, 6.45) is 10.5. The number of benzene rings is 2. The summed E-state index contributed by atoms with van der Waals surface area (Å²) in [5, 5.41) is 0. The van der Waals surface area contributed by atoms with Gasteiger partial charge in [0.05, 0.1) is 22.0 Å². The van der Waals surface area contributed by atoms with Gasteiger partial charge in [-0.1, -0.05) is 74.7 Å². The molecule has 2 heterocycles. The predicted octanol–water partition coefficient (Wildman–Crippen LogP) is 8.42. The molecular formula is C41H55NO6S2. The fourth-order valence-electron chi connectivity index (χ4n) is 12.2. The Morgan fingerprint density at radius 2 is 1.48 bits per heavy atom. The van der Waals surface area contributed by atoms with Gasteiger partial charge in [0.25, 0.3) is 10.1 Å². The van der Waals surface area contributed by atoms with Gasteiger partial charge in [-0.15, -0.1) is 0 Å². The molecule has 1 spiro atoms. The van der Waals surface area contributed by atoms with E-state index in [1.807, 2.05) is 38.1 Å². The molecule has 3 saturated carbocycles. The van der Waals surface area contributed by atoms with E-state index in [9.17, 15) is 16.8 Å². The van der Waals surface area contributed by atoms with Gasteiger partial charge in [0.1, 0.15) is 5.72 Å². The molecule has 5 fully saturated rings. The first-order chi connectivity index (χ1) is 23.6. The van der Waals surface area contributed by atoms with Gasteiger partial charge in [-0.05, 0) is 136 Å². The average molecular weight is 722 g/mol. The van der Waals surface area contributed by atoms with E-state index in [0.29, 0.717) is 41.5 Å². The third kappa shape index (κ3) is 5.26. The van der Waals surface area contributed by atoms with Gasteiger partial charge in [0, 0.05) is 12.5 Å². The molecule has 50 heavy (non-hydrogen) atoms. The zero-order valence-corrected chi connectivity index (χ0v) is 32.2. The zero-order chi connectivity index (χ0) is 35.4. The number of nitrogens with zero attached hydrogens (tertiary/aromatic N) is 1. The molecule has 6 aliphatic rings. The second-order valence-electron chi connectivity index (χ2n) is 17.6. The first-order valence-corrected chi connectivity index (χ1v) is 21.9. The average Bonchev–Trinajstić information content (AvgIpc) is 3.52. The van der Waals surface area contributed by atoms with Crippen molar-refractivity contribution in [3.63, 3.8) is 0 Å². The third-order valence-electron chi connectivity index (χ3n) is 14.8. The maximum absolute atomic E-state index is 14.4. The molecule has 8 rings (SSSR count). The van der Waals surface area contributed by atoms with E-state index in [2.05, 4.69) is 33.8 Å². The highest BCUT2D eigenvalue weighted by Crippen LogP contribution is 2.71. The summed E-state index contributed by atoms with van der Waals surface area (Å²) in [4.78, 5) is 0.587. The van der Waals surface area contributed by atoms with Crippen molar-refractivity contribution in [2.45, 2.75) is 127 Å². The quantitative estimate of drug-likeness (QED) is 0.228. The number of hydrogen-bond donors (Lipinski definition) is 0. The van der Waals surface area contributed by atoms with E-state index >= 15 is 0 Å². The van der Waals surface area contributed by atoms with Gasteiger partial charge in [0.15, 0.2) is 0 Å². The summed E-state index contributed by atoms with van der Waals surface area (Å²) in [6, 6.07) is 14.2. The summed E-state index contributed by atoms with van der Waals surface area (Å²) < 4.78 is 70.0. The van der Waals surface area contributed by atoms with Crippen LogP contribution in [0.3, 0.4) is 0 Å². The van der Waals surface area contributed by atoms with Crippen molar-refractivity contribution in [1.29, 1.82) is 0 Å². The van der Waals surface area contributed by atoms with E-state index in [1.54, 1.807) is 28.6 Å². The summed E-state index contributed by atoms with van der Waals surface area (Å²) >= 11 is 0. The summed E-state index contributed by atoms with van der Waals surface area (Å²) in [7, 11) is -7.56. The van der Waals surface area contributed by atoms with E-state index in [4.69, 9.17) is 8.92 Å². The number of aryl methyl sites for hydroxylation is 2. The van der Waals surface area contributed by atoms with Crippen molar-refractivity contribution in [3.05, 3.63) is 71.3 Å². The van der Waals surface area contributed by atoms with Crippen LogP contribution in [0.1, 0.15) is 96.6 Å². The van der Waals surface area contributed by atoms with Crippen molar-refractivity contribution >= 4 is 20.1 Å². The van der Waals surface area contributed by atoms with Crippen LogP contribution >= 0.6 is 0 Å². The van der Waals surface area contributed by atoms with Crippen molar-refractivity contribution in [3.8, 4) is 0 Å². The van der Waals surface area contributed by atoms with Crippen molar-refractivity contribution < 1.29 is 25.8 Å². The number of hydrogen-bond acceptors (Lipinski definition) is 6. The molecule has 0 bridgehead atoms. The molecule has 2 aromatic carbocycles. The van der Waals surface area contributed by atoms with Crippen molar-refractivity contribution in [2.24, 2.45) is 46.3 Å². The van der Waals surface area contributed by atoms with E-state index < -0.39 is 25.9 Å². The molecule has 11 unspecified atom stereocenters. The smallest absolute Gasteiger partial charge is 0.297 e. The highest BCUT2D eigenvalue weighted by molar-refractivity contribution is 7.89. The lowest BCUT2D eigenvalue weighted by Gasteiger charge is -2.59. The Labute approximate surface area is 300 Å². The lowest BCUT2D eigenvalue weighted by atomic mass is 9.47. The lowest BCUT2D eigenvalue weighted by Crippen LogP contribution is -2.60. The van der Waals surface area contributed by atoms with Gasteiger partial charge in [0.2, 0.25) is 10.0 Å². The van der Waals surface area contributed by atoms with Crippen LogP contribution in [0.25, 0.3) is 0 Å². The second kappa shape index (κ2) is 12.0. The molecule has 0 aromatic heterocycles. The first kappa shape index (κ1) is 35.0. The highest BCUT2D eigenvalue weighted by atomic mass is 32.2. The Bertz CT molecular complexity index is 1890. The third-order valence-corrected chi connectivity index (χ3v) is 18.1. The number of ether oxygens (including phenoxy) is 1. The minimum Gasteiger partial charge on any atom is -0.356 e. The Balaban J connectivity index is 1.03. The molecule has 2 aromatic rings. The van der Waals surface area contributed by atoms with Crippen LogP contribution in [-0.2, 0) is 29.1 Å². The predicted molar refractivity (Wildman–Crippen MR) is 194 cm³/mol. The number of sulfonamides is 1. The van der Waals surface area contributed by atoms with Crippen LogP contribution in [0.2, 0.25) is 0 Å². The molecule has 0 N–H and O–H groups in total. The van der Waals surface area contributed by atoms with Crippen molar-refractivity contribution in [1.82, 2.24) is 4.31 Å². The number of allylic oxidation sites excluding steroid dienone is 1.